The molecule has 2 aliphatic rings. The normalized spacial score (nSPS) is 12.5. The number of para-hydroxylation sites is 4. The van der Waals surface area contributed by atoms with Gasteiger partial charge in [-0.2, -0.15) is 0 Å². The Morgan fingerprint density at radius 2 is 0.400 bits per heavy atom. The SMILES string of the molecule is CC1(C)c2cc(N(c3ccc(-c4ccccc4)cc3)c3cccc(-n4c5ccccc5c5ccccc54)c3)ccc2-c2cc3ccc(N(c4ccc(-c5ccccc5)cc4)c4cccc(-n5c6ccccc6c6ccccc65)c4)cc3cc21.CC1(C)c2cc(N(c3cccc(-c4ccccc4)c3)c3cccc(-n4cccc4)c3)ccc2-c2cc3ccc(N(c4cccc(-c5ccccc5)c4)c4cccc(-n5cccc5)c4)cc3cc21. The topological polar surface area (TPSA) is 32.7 Å². The fraction of sp³-hybridized carbons (Fsp3) is 0.0423. The fourth-order valence-corrected chi connectivity index (χ4v) is 23.6. The molecule has 8 nitrogen and oxygen atoms in total. The highest BCUT2D eigenvalue weighted by molar-refractivity contribution is 6.11. The van der Waals surface area contributed by atoms with E-state index in [1.54, 1.807) is 0 Å². The monoisotopic (exact) mass is 1920 g/mol. The second kappa shape index (κ2) is 37.1. The molecule has 0 amide bonds. The summed E-state index contributed by atoms with van der Waals surface area (Å²) in [5, 5.41) is 9.83. The molecule has 150 heavy (non-hydrogen) atoms. The summed E-state index contributed by atoms with van der Waals surface area (Å²) >= 11 is 0. The van der Waals surface area contributed by atoms with Crippen molar-refractivity contribution >= 4 is 133 Å². The average Bonchev–Trinajstić information content (AvgIpc) is 1.56. The molecule has 0 N–H and O–H groups in total. The molecule has 4 aromatic heterocycles. The molecule has 2 aliphatic carbocycles. The van der Waals surface area contributed by atoms with Gasteiger partial charge >= 0.3 is 0 Å². The first kappa shape index (κ1) is 89.6. The van der Waals surface area contributed by atoms with Crippen molar-refractivity contribution in [2.24, 2.45) is 0 Å². The van der Waals surface area contributed by atoms with Crippen molar-refractivity contribution in [1.82, 2.24) is 18.3 Å². The second-order valence-electron chi connectivity index (χ2n) is 40.6. The van der Waals surface area contributed by atoms with Gasteiger partial charge in [0.15, 0.2) is 0 Å². The van der Waals surface area contributed by atoms with E-state index in [1.165, 1.54) is 154 Å². The van der Waals surface area contributed by atoms with Crippen LogP contribution in [-0.2, 0) is 10.8 Å². The lowest BCUT2D eigenvalue weighted by molar-refractivity contribution is 0.661. The van der Waals surface area contributed by atoms with Crippen LogP contribution < -0.4 is 19.6 Å². The summed E-state index contributed by atoms with van der Waals surface area (Å²) in [4.78, 5) is 9.66. The number of nitrogens with zero attached hydrogens (tertiary/aromatic N) is 8. The number of hydrogen-bond acceptors (Lipinski definition) is 4. The lowest BCUT2D eigenvalue weighted by Crippen LogP contribution is -2.17. The van der Waals surface area contributed by atoms with Gasteiger partial charge in [-0.1, -0.05) is 319 Å². The molecule has 26 aromatic rings. The molecule has 0 atom stereocenters. The standard InChI is InChI=1S/C79H56N4.C63H48N4/c1-79(2)73-49-58-47-65(80(59-40-35-55(36-41-59)53-19-5-3-6-20-53)61-23-17-25-63(50-61)82-75-31-13-9-27-68(75)69-28-10-14-32-76(69)82)44-39-57(58)48-72(73)67-46-45-66(52-74(67)79)81(60-42-37-56(38-43-60)54-21-7-4-8-22-54)62-24-18-26-64(51-62)83-77-33-15-11-29-70(77)71-30-12-16-34-78(71)83;1-63(2)61-41-50-39-57(66(55-27-15-23-51(42-55)64-33-9-10-34-64)53-25-13-21-47(37-53)45-17-5-3-6-18-45)30-29-49(50)40-60(61)59-32-31-58(44-62(59)63)67(56-28-16-24-52(43-56)65-35-11-12-36-65)54-26-14-22-48(38-54)46-19-7-4-8-20-46/h3-52H,1-2H3;3-44H,1-2H3. The first-order chi connectivity index (χ1) is 73.8. The summed E-state index contributed by atoms with van der Waals surface area (Å²) in [6.45, 7) is 9.58. The van der Waals surface area contributed by atoms with E-state index in [1.807, 2.05) is 0 Å². The largest absolute Gasteiger partial charge is 0.324 e. The summed E-state index contributed by atoms with van der Waals surface area (Å²) < 4.78 is 9.15. The maximum atomic E-state index is 2.47. The molecule has 0 radical (unpaired) electrons. The molecular formula is C142H104N8. The molecule has 0 bridgehead atoms. The van der Waals surface area contributed by atoms with Gasteiger partial charge in [0.2, 0.25) is 0 Å². The maximum absolute atomic E-state index is 2.47. The van der Waals surface area contributed by atoms with Crippen LogP contribution in [0.15, 0.2) is 559 Å². The van der Waals surface area contributed by atoms with Gasteiger partial charge in [-0.15, -0.1) is 0 Å². The van der Waals surface area contributed by atoms with Crippen LogP contribution in [0, 0.1) is 0 Å². The molecule has 0 fully saturated rings. The van der Waals surface area contributed by atoms with Crippen molar-refractivity contribution in [3.05, 3.63) is 581 Å². The number of rotatable bonds is 20. The fourth-order valence-electron chi connectivity index (χ4n) is 23.6. The van der Waals surface area contributed by atoms with E-state index in [2.05, 4.69) is 624 Å². The molecule has 4 heterocycles. The molecule has 0 aliphatic heterocycles. The number of hydrogen-bond donors (Lipinski definition) is 0. The lowest BCUT2D eigenvalue weighted by atomic mass is 9.81. The van der Waals surface area contributed by atoms with Gasteiger partial charge < -0.3 is 37.9 Å². The summed E-state index contributed by atoms with van der Waals surface area (Å²) in [6, 6.07) is 195. The lowest BCUT2D eigenvalue weighted by Gasteiger charge is -2.29. The van der Waals surface area contributed by atoms with Crippen molar-refractivity contribution in [2.45, 2.75) is 38.5 Å². The van der Waals surface area contributed by atoms with E-state index in [0.29, 0.717) is 0 Å². The van der Waals surface area contributed by atoms with Crippen LogP contribution in [0.2, 0.25) is 0 Å². The van der Waals surface area contributed by atoms with Crippen LogP contribution in [0.3, 0.4) is 0 Å². The van der Waals surface area contributed by atoms with Crippen LogP contribution in [0.5, 0.6) is 0 Å². The molecular weight excluding hydrogens is 1820 g/mol. The Kier molecular flexibility index (Phi) is 22.1. The summed E-state index contributed by atoms with van der Waals surface area (Å²) in [5.74, 6) is 0. The Morgan fingerprint density at radius 3 is 0.747 bits per heavy atom. The quantitative estimate of drug-likeness (QED) is 0.0761. The van der Waals surface area contributed by atoms with E-state index in [0.717, 1.165) is 91.0 Å². The van der Waals surface area contributed by atoms with Crippen LogP contribution >= 0.6 is 0 Å². The van der Waals surface area contributed by atoms with E-state index in [-0.39, 0.29) is 10.8 Å². The highest BCUT2D eigenvalue weighted by Gasteiger charge is 2.39. The molecule has 8 heteroatoms. The van der Waals surface area contributed by atoms with E-state index < -0.39 is 0 Å². The van der Waals surface area contributed by atoms with Gasteiger partial charge in [0.1, 0.15) is 0 Å². The van der Waals surface area contributed by atoms with Gasteiger partial charge in [-0.25, -0.2) is 0 Å². The Balaban J connectivity index is 0.000000151. The predicted octanol–water partition coefficient (Wildman–Crippen LogP) is 38.6. The predicted molar refractivity (Wildman–Crippen MR) is 631 cm³/mol. The molecule has 712 valence electrons. The highest BCUT2D eigenvalue weighted by atomic mass is 15.2. The second-order valence-corrected chi connectivity index (χ2v) is 40.6. The minimum atomic E-state index is -0.303. The van der Waals surface area contributed by atoms with Crippen LogP contribution in [-0.4, -0.2) is 18.3 Å². The zero-order valence-electron chi connectivity index (χ0n) is 83.7. The summed E-state index contributed by atoms with van der Waals surface area (Å²) in [5.41, 5.74) is 41.8. The first-order valence-corrected chi connectivity index (χ1v) is 51.8. The summed E-state index contributed by atoms with van der Waals surface area (Å²) in [7, 11) is 0. The maximum Gasteiger partial charge on any atom is 0.0541 e. The third-order valence-electron chi connectivity index (χ3n) is 31.0. The van der Waals surface area contributed by atoms with E-state index in [9.17, 15) is 0 Å². The highest BCUT2D eigenvalue weighted by Crippen LogP contribution is 2.56. The minimum absolute atomic E-state index is 0.260. The summed E-state index contributed by atoms with van der Waals surface area (Å²) in [6.07, 6.45) is 8.40. The van der Waals surface area contributed by atoms with E-state index in [4.69, 9.17) is 0 Å². The van der Waals surface area contributed by atoms with Crippen molar-refractivity contribution in [3.8, 4) is 89.5 Å². The van der Waals surface area contributed by atoms with Crippen LogP contribution in [0.25, 0.3) is 155 Å². The number of anilines is 12. The Hall–Kier alpha value is -19.3. The molecule has 0 spiro atoms. The zero-order valence-corrected chi connectivity index (χ0v) is 83.7. The number of aromatic nitrogens is 4. The van der Waals surface area contributed by atoms with Crippen LogP contribution in [0.4, 0.5) is 68.2 Å². The van der Waals surface area contributed by atoms with Gasteiger partial charge in [0, 0.05) is 148 Å². The smallest absolute Gasteiger partial charge is 0.0541 e. The Morgan fingerprint density at radius 1 is 0.153 bits per heavy atom. The van der Waals surface area contributed by atoms with Gasteiger partial charge in [0.05, 0.1) is 22.1 Å². The third kappa shape index (κ3) is 16.0. The first-order valence-electron chi connectivity index (χ1n) is 51.8. The molecule has 0 saturated carbocycles. The van der Waals surface area contributed by atoms with Gasteiger partial charge in [-0.05, 0) is 353 Å². The molecule has 0 saturated heterocycles. The number of benzene rings is 22. The molecule has 0 unspecified atom stereocenters. The Labute approximate surface area is 874 Å². The van der Waals surface area contributed by atoms with Crippen molar-refractivity contribution < 1.29 is 0 Å². The molecule has 28 rings (SSSR count). The average molecular weight is 1920 g/mol. The van der Waals surface area contributed by atoms with Crippen molar-refractivity contribution in [1.29, 1.82) is 0 Å². The Bertz CT molecular complexity index is 9530. The van der Waals surface area contributed by atoms with Crippen LogP contribution in [0.1, 0.15) is 49.9 Å². The van der Waals surface area contributed by atoms with Crippen molar-refractivity contribution in [3.63, 3.8) is 0 Å². The number of fused-ring (bicyclic) bond motifs is 14. The minimum Gasteiger partial charge on any atom is -0.324 e. The van der Waals surface area contributed by atoms with Crippen molar-refractivity contribution in [2.75, 3.05) is 19.6 Å². The third-order valence-corrected chi connectivity index (χ3v) is 31.0. The van der Waals surface area contributed by atoms with Gasteiger partial charge in [0.25, 0.3) is 0 Å². The van der Waals surface area contributed by atoms with E-state index >= 15 is 0 Å². The molecule has 22 aromatic carbocycles. The van der Waals surface area contributed by atoms with Gasteiger partial charge in [-0.3, -0.25) is 0 Å². The zero-order chi connectivity index (χ0) is 100.